The summed E-state index contributed by atoms with van der Waals surface area (Å²) in [6.45, 7) is 1.82. The van der Waals surface area contributed by atoms with Gasteiger partial charge in [0.05, 0.1) is 13.2 Å². The highest BCUT2D eigenvalue weighted by atomic mass is 16.3. The zero-order chi connectivity index (χ0) is 13.8. The van der Waals surface area contributed by atoms with E-state index in [1.165, 1.54) is 0 Å². The lowest BCUT2D eigenvalue weighted by molar-refractivity contribution is 0.275. The Hall–Kier alpha value is -1.84. The molecular weight excluding hydrogens is 240 g/mol. The van der Waals surface area contributed by atoms with Crippen LogP contribution in [0.15, 0.2) is 36.4 Å². The topological polar surface area (TPSA) is 60.7 Å². The summed E-state index contributed by atoms with van der Waals surface area (Å²) in [5, 5.41) is 28.4. The van der Waals surface area contributed by atoms with Crippen LogP contribution in [-0.2, 0) is 19.6 Å². The Bertz CT molecular complexity index is 576. The third kappa shape index (κ3) is 3.13. The van der Waals surface area contributed by atoms with Crippen LogP contribution in [0, 0.1) is 6.92 Å². The van der Waals surface area contributed by atoms with Gasteiger partial charge in [-0.25, -0.2) is 0 Å². The molecule has 0 atom stereocenters. The summed E-state index contributed by atoms with van der Waals surface area (Å²) in [5.74, 6) is 0.150. The van der Waals surface area contributed by atoms with Gasteiger partial charge in [-0.3, -0.25) is 0 Å². The van der Waals surface area contributed by atoms with E-state index in [4.69, 9.17) is 5.11 Å². The van der Waals surface area contributed by atoms with E-state index in [2.05, 4.69) is 0 Å². The molecule has 2 aromatic carbocycles. The van der Waals surface area contributed by atoms with E-state index in [1.54, 1.807) is 6.07 Å². The molecule has 0 aliphatic heterocycles. The predicted octanol–water partition coefficient (Wildman–Crippen LogP) is 2.28. The highest BCUT2D eigenvalue weighted by Crippen LogP contribution is 2.25. The number of para-hydroxylation sites is 1. The van der Waals surface area contributed by atoms with Gasteiger partial charge in [0.1, 0.15) is 5.75 Å². The molecule has 3 N–H and O–H groups in total. The number of rotatable bonds is 4. The van der Waals surface area contributed by atoms with Crippen LogP contribution in [0.3, 0.4) is 0 Å². The van der Waals surface area contributed by atoms with Gasteiger partial charge in [-0.05, 0) is 23.6 Å². The molecule has 0 unspecified atom stereocenters. The standard InChI is InChI=1S/C16H18O3/c1-11-5-12(7-13(6-11)9-17)8-14-3-2-4-15(10-18)16(14)19/h2-7,17-19H,8-10H2,1H3. The molecular formula is C16H18O3. The summed E-state index contributed by atoms with van der Waals surface area (Å²) in [5.41, 5.74) is 4.30. The van der Waals surface area contributed by atoms with Crippen molar-refractivity contribution in [2.45, 2.75) is 26.6 Å². The molecule has 3 heteroatoms. The first-order valence-corrected chi connectivity index (χ1v) is 6.25. The van der Waals surface area contributed by atoms with E-state index in [-0.39, 0.29) is 19.0 Å². The van der Waals surface area contributed by atoms with Crippen molar-refractivity contribution in [3.8, 4) is 5.75 Å². The minimum atomic E-state index is -0.171. The molecule has 2 aromatic rings. The molecule has 0 radical (unpaired) electrons. The number of hydrogen-bond acceptors (Lipinski definition) is 3. The van der Waals surface area contributed by atoms with Crippen molar-refractivity contribution in [1.82, 2.24) is 0 Å². The molecule has 2 rings (SSSR count). The van der Waals surface area contributed by atoms with Crippen LogP contribution in [0.5, 0.6) is 5.75 Å². The first-order chi connectivity index (χ1) is 9.13. The van der Waals surface area contributed by atoms with Crippen LogP contribution in [0.2, 0.25) is 0 Å². The predicted molar refractivity (Wildman–Crippen MR) is 73.9 cm³/mol. The maximum absolute atomic E-state index is 10.0. The van der Waals surface area contributed by atoms with Gasteiger partial charge < -0.3 is 15.3 Å². The van der Waals surface area contributed by atoms with E-state index in [0.29, 0.717) is 12.0 Å². The summed E-state index contributed by atoms with van der Waals surface area (Å²) < 4.78 is 0. The molecule has 0 spiro atoms. The monoisotopic (exact) mass is 258 g/mol. The number of aromatic hydroxyl groups is 1. The summed E-state index contributed by atoms with van der Waals surface area (Å²) >= 11 is 0. The van der Waals surface area contributed by atoms with Gasteiger partial charge in [0.15, 0.2) is 0 Å². The van der Waals surface area contributed by atoms with Crippen molar-refractivity contribution in [3.63, 3.8) is 0 Å². The van der Waals surface area contributed by atoms with Gasteiger partial charge in [0.2, 0.25) is 0 Å². The van der Waals surface area contributed by atoms with Crippen molar-refractivity contribution in [1.29, 1.82) is 0 Å². The van der Waals surface area contributed by atoms with Gasteiger partial charge in [-0.2, -0.15) is 0 Å². The molecule has 0 bridgehead atoms. The Balaban J connectivity index is 2.33. The number of aliphatic hydroxyl groups excluding tert-OH is 2. The Labute approximate surface area is 112 Å². The molecule has 0 aromatic heterocycles. The molecule has 0 amide bonds. The lowest BCUT2D eigenvalue weighted by atomic mass is 9.98. The lowest BCUT2D eigenvalue weighted by Gasteiger charge is -2.10. The van der Waals surface area contributed by atoms with Gasteiger partial charge >= 0.3 is 0 Å². The van der Waals surface area contributed by atoms with Crippen molar-refractivity contribution in [3.05, 3.63) is 64.2 Å². The highest BCUT2D eigenvalue weighted by molar-refractivity contribution is 5.43. The van der Waals surface area contributed by atoms with E-state index < -0.39 is 0 Å². The first kappa shape index (κ1) is 13.6. The quantitative estimate of drug-likeness (QED) is 0.788. The van der Waals surface area contributed by atoms with Crippen molar-refractivity contribution >= 4 is 0 Å². The second-order valence-electron chi connectivity index (χ2n) is 4.74. The van der Waals surface area contributed by atoms with Gasteiger partial charge in [0.25, 0.3) is 0 Å². The number of aryl methyl sites for hydroxylation is 1. The molecule has 0 heterocycles. The fourth-order valence-corrected chi connectivity index (χ4v) is 2.28. The lowest BCUT2D eigenvalue weighted by Crippen LogP contribution is -1.95. The van der Waals surface area contributed by atoms with E-state index in [9.17, 15) is 10.2 Å². The van der Waals surface area contributed by atoms with Crippen LogP contribution < -0.4 is 0 Å². The molecule has 3 nitrogen and oxygen atoms in total. The number of benzene rings is 2. The van der Waals surface area contributed by atoms with Crippen LogP contribution >= 0.6 is 0 Å². The molecule has 0 aliphatic rings. The minimum absolute atomic E-state index is 0.0113. The van der Waals surface area contributed by atoms with E-state index in [1.807, 2.05) is 37.3 Å². The summed E-state index contributed by atoms with van der Waals surface area (Å²) in [6, 6.07) is 11.3. The third-order valence-corrected chi connectivity index (χ3v) is 3.15. The molecule has 0 aliphatic carbocycles. The summed E-state index contributed by atoms with van der Waals surface area (Å²) in [7, 11) is 0. The zero-order valence-corrected chi connectivity index (χ0v) is 10.9. The third-order valence-electron chi connectivity index (χ3n) is 3.15. The van der Waals surface area contributed by atoms with Gasteiger partial charge in [0, 0.05) is 12.0 Å². The summed E-state index contributed by atoms with van der Waals surface area (Å²) in [4.78, 5) is 0. The molecule has 100 valence electrons. The fourth-order valence-electron chi connectivity index (χ4n) is 2.28. The van der Waals surface area contributed by atoms with E-state index >= 15 is 0 Å². The van der Waals surface area contributed by atoms with Crippen molar-refractivity contribution in [2.24, 2.45) is 0 Å². The minimum Gasteiger partial charge on any atom is -0.507 e. The van der Waals surface area contributed by atoms with Gasteiger partial charge in [-0.1, -0.05) is 42.0 Å². The second kappa shape index (κ2) is 5.87. The average molecular weight is 258 g/mol. The molecule has 0 saturated heterocycles. The molecule has 0 fully saturated rings. The molecule has 19 heavy (non-hydrogen) atoms. The van der Waals surface area contributed by atoms with Crippen LogP contribution in [-0.4, -0.2) is 15.3 Å². The Morgan fingerprint density at radius 3 is 2.26 bits per heavy atom. The van der Waals surface area contributed by atoms with Crippen LogP contribution in [0.4, 0.5) is 0 Å². The normalized spacial score (nSPS) is 10.7. The number of aliphatic hydroxyl groups is 2. The molecule has 0 saturated carbocycles. The SMILES string of the molecule is Cc1cc(CO)cc(Cc2cccc(CO)c2O)c1. The van der Waals surface area contributed by atoms with Crippen molar-refractivity contribution < 1.29 is 15.3 Å². The Kier molecular flexibility index (Phi) is 4.20. The largest absolute Gasteiger partial charge is 0.507 e. The van der Waals surface area contributed by atoms with E-state index in [0.717, 1.165) is 22.3 Å². The fraction of sp³-hybridized carbons (Fsp3) is 0.250. The number of phenols is 1. The zero-order valence-electron chi connectivity index (χ0n) is 10.9. The Morgan fingerprint density at radius 1 is 0.895 bits per heavy atom. The van der Waals surface area contributed by atoms with Crippen molar-refractivity contribution in [2.75, 3.05) is 0 Å². The maximum atomic E-state index is 10.0. The Morgan fingerprint density at radius 2 is 1.58 bits per heavy atom. The number of hydrogen-bond donors (Lipinski definition) is 3. The van der Waals surface area contributed by atoms with Gasteiger partial charge in [-0.15, -0.1) is 0 Å². The maximum Gasteiger partial charge on any atom is 0.124 e. The smallest absolute Gasteiger partial charge is 0.124 e. The van der Waals surface area contributed by atoms with Crippen LogP contribution in [0.25, 0.3) is 0 Å². The highest BCUT2D eigenvalue weighted by Gasteiger charge is 2.07. The van der Waals surface area contributed by atoms with Crippen LogP contribution in [0.1, 0.15) is 27.8 Å². The average Bonchev–Trinajstić information content (AvgIpc) is 2.40. The second-order valence-corrected chi connectivity index (χ2v) is 4.74. The summed E-state index contributed by atoms with van der Waals surface area (Å²) in [6.07, 6.45) is 0.578. The first-order valence-electron chi connectivity index (χ1n) is 6.25.